The number of carbonyl (C=O) groups excluding carboxylic acids is 2. The Kier molecular flexibility index (Phi) is 10.0. The zero-order valence-corrected chi connectivity index (χ0v) is 26.9. The first-order valence-electron chi connectivity index (χ1n) is 16.2. The molecular weight excluding hydrogens is 631 g/mol. The molecule has 6 rings (SSSR count). The zero-order chi connectivity index (χ0) is 34.4. The van der Waals surface area contributed by atoms with Crippen LogP contribution < -0.4 is 15.5 Å². The van der Waals surface area contributed by atoms with Gasteiger partial charge in [0, 0.05) is 11.3 Å². The molecule has 1 heterocycles. The van der Waals surface area contributed by atoms with Gasteiger partial charge >= 0.3 is 12.2 Å². The van der Waals surface area contributed by atoms with E-state index in [4.69, 9.17) is 0 Å². The van der Waals surface area contributed by atoms with E-state index in [1.54, 1.807) is 53.4 Å². The standard InChI is InChI=1S/C37H36F3N7O2/c1-24(32-12-5-6-13-33(32)29-10-7-11-30(22-29)37(38,39)40)41-36(49)47(31-20-18-27(19-21-31)26-8-3-2-4-9-26)23-25-14-16-28(17-15-25)34(48)42-35-43-45-46-44-35/h5-7,10-22,24,26H,2-4,8-9,23H2,1H3,(H,41,49)(H2,42,43,44,45,46,48). The van der Waals surface area contributed by atoms with Crippen LogP contribution in [-0.2, 0) is 12.7 Å². The van der Waals surface area contributed by atoms with Crippen LogP contribution in [0.3, 0.4) is 0 Å². The van der Waals surface area contributed by atoms with Gasteiger partial charge in [-0.3, -0.25) is 15.0 Å². The highest BCUT2D eigenvalue weighted by molar-refractivity contribution is 6.03. The van der Waals surface area contributed by atoms with Gasteiger partial charge in [0.05, 0.1) is 18.2 Å². The molecule has 0 aliphatic heterocycles. The van der Waals surface area contributed by atoms with Crippen LogP contribution in [0.15, 0.2) is 97.1 Å². The zero-order valence-electron chi connectivity index (χ0n) is 26.9. The number of aromatic nitrogens is 4. The highest BCUT2D eigenvalue weighted by Crippen LogP contribution is 2.36. The molecule has 252 valence electrons. The van der Waals surface area contributed by atoms with Crippen molar-refractivity contribution >= 4 is 23.6 Å². The summed E-state index contributed by atoms with van der Waals surface area (Å²) < 4.78 is 40.6. The molecule has 3 N–H and O–H groups in total. The molecule has 4 aromatic carbocycles. The quantitative estimate of drug-likeness (QED) is 0.146. The molecule has 1 saturated carbocycles. The number of alkyl halides is 3. The molecule has 0 bridgehead atoms. The second-order valence-corrected chi connectivity index (χ2v) is 12.2. The fraction of sp³-hybridized carbons (Fsp3) is 0.270. The minimum absolute atomic E-state index is 0.0531. The van der Waals surface area contributed by atoms with E-state index in [-0.39, 0.29) is 18.5 Å². The summed E-state index contributed by atoms with van der Waals surface area (Å²) in [7, 11) is 0. The smallest absolute Gasteiger partial charge is 0.331 e. The van der Waals surface area contributed by atoms with E-state index in [9.17, 15) is 22.8 Å². The van der Waals surface area contributed by atoms with E-state index in [2.05, 4.69) is 43.4 Å². The van der Waals surface area contributed by atoms with Crippen molar-refractivity contribution in [2.24, 2.45) is 0 Å². The van der Waals surface area contributed by atoms with Gasteiger partial charge in [-0.25, -0.2) is 4.79 Å². The summed E-state index contributed by atoms with van der Waals surface area (Å²) >= 11 is 0. The van der Waals surface area contributed by atoms with Crippen LogP contribution in [0.25, 0.3) is 11.1 Å². The highest BCUT2D eigenvalue weighted by Gasteiger charge is 2.31. The van der Waals surface area contributed by atoms with Crippen molar-refractivity contribution in [3.05, 3.63) is 125 Å². The number of aromatic amines is 1. The van der Waals surface area contributed by atoms with Gasteiger partial charge in [0.15, 0.2) is 0 Å². The summed E-state index contributed by atoms with van der Waals surface area (Å²) in [5.74, 6) is 0.148. The monoisotopic (exact) mass is 667 g/mol. The van der Waals surface area contributed by atoms with E-state index in [0.717, 1.165) is 30.5 Å². The van der Waals surface area contributed by atoms with Crippen molar-refractivity contribution in [3.63, 3.8) is 0 Å². The Hall–Kier alpha value is -5.52. The predicted octanol–water partition coefficient (Wildman–Crippen LogP) is 8.66. The van der Waals surface area contributed by atoms with Gasteiger partial charge in [0.25, 0.3) is 11.9 Å². The molecule has 1 atom stereocenters. The Bertz CT molecular complexity index is 1870. The number of urea groups is 1. The van der Waals surface area contributed by atoms with Crippen LogP contribution >= 0.6 is 0 Å². The minimum atomic E-state index is -4.48. The maximum Gasteiger partial charge on any atom is 0.416 e. The molecule has 0 saturated heterocycles. The third kappa shape index (κ3) is 8.14. The van der Waals surface area contributed by atoms with Crippen LogP contribution in [-0.4, -0.2) is 32.6 Å². The van der Waals surface area contributed by atoms with Crippen LogP contribution in [0, 0.1) is 0 Å². The Morgan fingerprint density at radius 3 is 2.35 bits per heavy atom. The normalized spacial score (nSPS) is 14.2. The van der Waals surface area contributed by atoms with E-state index >= 15 is 0 Å². The molecular formula is C37H36F3N7O2. The average Bonchev–Trinajstić information content (AvgIpc) is 3.64. The van der Waals surface area contributed by atoms with Crippen molar-refractivity contribution in [2.45, 2.75) is 63.7 Å². The highest BCUT2D eigenvalue weighted by atomic mass is 19.4. The van der Waals surface area contributed by atoms with E-state index in [1.165, 1.54) is 30.9 Å². The topological polar surface area (TPSA) is 116 Å². The molecule has 1 aromatic heterocycles. The number of carbonyl (C=O) groups is 2. The Morgan fingerprint density at radius 2 is 1.65 bits per heavy atom. The summed E-state index contributed by atoms with van der Waals surface area (Å²) in [6.45, 7) is 2.01. The number of anilines is 2. The first kappa shape index (κ1) is 33.4. The van der Waals surface area contributed by atoms with E-state index < -0.39 is 23.7 Å². The number of nitrogens with one attached hydrogen (secondary N) is 3. The number of halogens is 3. The van der Waals surface area contributed by atoms with Gasteiger partial charge in [-0.05, 0) is 95.1 Å². The van der Waals surface area contributed by atoms with Crippen molar-refractivity contribution in [1.29, 1.82) is 0 Å². The average molecular weight is 668 g/mol. The largest absolute Gasteiger partial charge is 0.416 e. The number of amides is 3. The van der Waals surface area contributed by atoms with Gasteiger partial charge in [-0.2, -0.15) is 18.4 Å². The first-order chi connectivity index (χ1) is 23.7. The lowest BCUT2D eigenvalue weighted by Crippen LogP contribution is -2.41. The fourth-order valence-corrected chi connectivity index (χ4v) is 6.32. The summed E-state index contributed by atoms with van der Waals surface area (Å²) in [4.78, 5) is 28.3. The summed E-state index contributed by atoms with van der Waals surface area (Å²) in [5.41, 5.74) is 4.04. The third-order valence-electron chi connectivity index (χ3n) is 8.92. The van der Waals surface area contributed by atoms with Gasteiger partial charge in [-0.1, -0.05) is 85.0 Å². The Labute approximate surface area is 281 Å². The first-order valence-corrected chi connectivity index (χ1v) is 16.2. The molecule has 1 aliphatic rings. The van der Waals surface area contributed by atoms with Gasteiger partial charge < -0.3 is 5.32 Å². The fourth-order valence-electron chi connectivity index (χ4n) is 6.32. The summed E-state index contributed by atoms with van der Waals surface area (Å²) in [6, 6.07) is 26.3. The van der Waals surface area contributed by atoms with Crippen LogP contribution in [0.5, 0.6) is 0 Å². The number of hydrogen-bond acceptors (Lipinski definition) is 5. The summed E-state index contributed by atoms with van der Waals surface area (Å²) in [6.07, 6.45) is 1.51. The second-order valence-electron chi connectivity index (χ2n) is 12.2. The summed E-state index contributed by atoms with van der Waals surface area (Å²) in [5, 5.41) is 18.8. The van der Waals surface area contributed by atoms with Gasteiger partial charge in [0.1, 0.15) is 0 Å². The number of tetrazole rings is 1. The van der Waals surface area contributed by atoms with Crippen LogP contribution in [0.2, 0.25) is 0 Å². The van der Waals surface area contributed by atoms with Crippen molar-refractivity contribution < 1.29 is 22.8 Å². The van der Waals surface area contributed by atoms with Crippen LogP contribution in [0.4, 0.5) is 29.6 Å². The number of H-pyrrole nitrogens is 1. The van der Waals surface area contributed by atoms with Crippen LogP contribution in [0.1, 0.15) is 83.6 Å². The third-order valence-corrected chi connectivity index (χ3v) is 8.92. The maximum atomic E-state index is 14.1. The van der Waals surface area contributed by atoms with Crippen molar-refractivity contribution in [3.8, 4) is 11.1 Å². The lowest BCUT2D eigenvalue weighted by molar-refractivity contribution is -0.137. The molecule has 49 heavy (non-hydrogen) atoms. The Morgan fingerprint density at radius 1 is 0.918 bits per heavy atom. The van der Waals surface area contributed by atoms with Gasteiger partial charge in [-0.15, -0.1) is 5.10 Å². The molecule has 9 nitrogen and oxygen atoms in total. The molecule has 5 aromatic rings. The molecule has 1 fully saturated rings. The number of hydrogen-bond donors (Lipinski definition) is 3. The van der Waals surface area contributed by atoms with E-state index in [1.807, 2.05) is 25.1 Å². The molecule has 1 unspecified atom stereocenters. The van der Waals surface area contributed by atoms with Gasteiger partial charge in [0.2, 0.25) is 0 Å². The SMILES string of the molecule is CC(NC(=O)N(Cc1ccc(C(=O)Nc2nn[nH]n2)cc1)c1ccc(C2CCCCC2)cc1)c1ccccc1-c1cccc(C(F)(F)F)c1. The number of rotatable bonds is 9. The van der Waals surface area contributed by atoms with Crippen molar-refractivity contribution in [2.75, 3.05) is 10.2 Å². The minimum Gasteiger partial charge on any atom is -0.331 e. The second kappa shape index (κ2) is 14.7. The number of nitrogens with zero attached hydrogens (tertiary/aromatic N) is 4. The number of benzene rings is 4. The molecule has 0 spiro atoms. The molecule has 12 heteroatoms. The lowest BCUT2D eigenvalue weighted by atomic mass is 9.84. The Balaban J connectivity index is 1.25. The lowest BCUT2D eigenvalue weighted by Gasteiger charge is -2.28. The molecule has 1 aliphatic carbocycles. The van der Waals surface area contributed by atoms with E-state index in [0.29, 0.717) is 33.9 Å². The maximum absolute atomic E-state index is 14.1. The molecule has 0 radical (unpaired) electrons. The van der Waals surface area contributed by atoms with Crippen molar-refractivity contribution in [1.82, 2.24) is 25.9 Å². The molecule has 3 amide bonds. The predicted molar refractivity (Wildman–Crippen MR) is 181 cm³/mol.